The van der Waals surface area contributed by atoms with Gasteiger partial charge in [-0.25, -0.2) is 0 Å². The van der Waals surface area contributed by atoms with Crippen molar-refractivity contribution >= 4 is 17.5 Å². The lowest BCUT2D eigenvalue weighted by Crippen LogP contribution is -2.50. The summed E-state index contributed by atoms with van der Waals surface area (Å²) in [6.45, 7) is 8.00. The first kappa shape index (κ1) is 13.1. The van der Waals surface area contributed by atoms with Gasteiger partial charge in [0, 0.05) is 37.4 Å². The summed E-state index contributed by atoms with van der Waals surface area (Å²) >= 11 is 0. The molecule has 106 valence electrons. The molecule has 0 N–H and O–H groups in total. The third-order valence-electron chi connectivity index (χ3n) is 4.38. The van der Waals surface area contributed by atoms with Gasteiger partial charge in [-0.15, -0.1) is 0 Å². The predicted octanol–water partition coefficient (Wildman–Crippen LogP) is 2.52. The van der Waals surface area contributed by atoms with Crippen LogP contribution in [0.1, 0.15) is 18.4 Å². The third-order valence-corrected chi connectivity index (χ3v) is 4.38. The van der Waals surface area contributed by atoms with Gasteiger partial charge in [-0.05, 0) is 31.5 Å². The zero-order chi connectivity index (χ0) is 14.1. The van der Waals surface area contributed by atoms with Crippen molar-refractivity contribution in [1.29, 1.82) is 0 Å². The highest BCUT2D eigenvalue weighted by molar-refractivity contribution is 5.66. The molecule has 0 aromatic heterocycles. The summed E-state index contributed by atoms with van der Waals surface area (Å²) in [5.74, 6) is 0. The number of piperazine rings is 1. The highest BCUT2D eigenvalue weighted by atomic mass is 16.6. The van der Waals surface area contributed by atoms with Crippen LogP contribution in [0.15, 0.2) is 24.8 Å². The van der Waals surface area contributed by atoms with Crippen LogP contribution < -0.4 is 4.90 Å². The van der Waals surface area contributed by atoms with Crippen LogP contribution in [-0.4, -0.2) is 42.0 Å². The molecule has 0 bridgehead atoms. The standard InChI is InChI=1S/C15H19N3O2/c1-2-12-10-13(5-6-15(12)18(19)20)17-9-8-16-7-3-4-14(16)11-17/h2,5-6,10,14H,1,3-4,7-9,11H2/t14-/m1/s1. The number of hydrogen-bond donors (Lipinski definition) is 0. The molecule has 1 aromatic rings. The number of benzene rings is 1. The van der Waals surface area contributed by atoms with Crippen LogP contribution in [0.4, 0.5) is 11.4 Å². The summed E-state index contributed by atoms with van der Waals surface area (Å²) in [6.07, 6.45) is 4.11. The molecule has 0 aliphatic carbocycles. The molecule has 20 heavy (non-hydrogen) atoms. The van der Waals surface area contributed by atoms with Gasteiger partial charge in [-0.3, -0.25) is 15.0 Å². The molecule has 2 saturated heterocycles. The smallest absolute Gasteiger partial charge is 0.276 e. The van der Waals surface area contributed by atoms with Gasteiger partial charge in [0.25, 0.3) is 5.69 Å². The molecule has 2 aliphatic heterocycles. The Morgan fingerprint density at radius 1 is 1.35 bits per heavy atom. The van der Waals surface area contributed by atoms with E-state index in [-0.39, 0.29) is 10.6 Å². The van der Waals surface area contributed by atoms with Gasteiger partial charge in [-0.2, -0.15) is 0 Å². The average Bonchev–Trinajstić information content (AvgIpc) is 2.93. The highest BCUT2D eigenvalue weighted by Crippen LogP contribution is 2.29. The van der Waals surface area contributed by atoms with Crippen molar-refractivity contribution in [2.75, 3.05) is 31.1 Å². The van der Waals surface area contributed by atoms with Gasteiger partial charge >= 0.3 is 0 Å². The lowest BCUT2D eigenvalue weighted by molar-refractivity contribution is -0.385. The number of hydrogen-bond acceptors (Lipinski definition) is 4. The first-order chi connectivity index (χ1) is 9.69. The van der Waals surface area contributed by atoms with Crippen LogP contribution in [0.25, 0.3) is 6.08 Å². The highest BCUT2D eigenvalue weighted by Gasteiger charge is 2.30. The normalized spacial score (nSPS) is 22.6. The van der Waals surface area contributed by atoms with Crippen molar-refractivity contribution in [1.82, 2.24) is 4.90 Å². The van der Waals surface area contributed by atoms with Gasteiger partial charge in [0.15, 0.2) is 0 Å². The molecule has 5 nitrogen and oxygen atoms in total. The number of fused-ring (bicyclic) bond motifs is 1. The monoisotopic (exact) mass is 273 g/mol. The molecule has 0 unspecified atom stereocenters. The van der Waals surface area contributed by atoms with E-state index in [0.717, 1.165) is 25.3 Å². The van der Waals surface area contributed by atoms with Gasteiger partial charge in [0.1, 0.15) is 0 Å². The SMILES string of the molecule is C=Cc1cc(N2CCN3CCC[C@@H]3C2)ccc1[N+](=O)[O-]. The van der Waals surface area contributed by atoms with Crippen molar-refractivity contribution in [3.63, 3.8) is 0 Å². The van der Waals surface area contributed by atoms with Gasteiger partial charge in [0.05, 0.1) is 10.5 Å². The van der Waals surface area contributed by atoms with Gasteiger partial charge in [-0.1, -0.05) is 12.7 Å². The maximum absolute atomic E-state index is 11.0. The first-order valence-corrected chi connectivity index (χ1v) is 7.09. The maximum atomic E-state index is 11.0. The summed E-state index contributed by atoms with van der Waals surface area (Å²) in [5, 5.41) is 11.0. The van der Waals surface area contributed by atoms with E-state index in [4.69, 9.17) is 0 Å². The summed E-state index contributed by atoms with van der Waals surface area (Å²) in [7, 11) is 0. The summed E-state index contributed by atoms with van der Waals surface area (Å²) in [5.41, 5.74) is 1.79. The van der Waals surface area contributed by atoms with Gasteiger partial charge < -0.3 is 4.90 Å². The minimum atomic E-state index is -0.351. The molecule has 2 aliphatic rings. The van der Waals surface area contributed by atoms with E-state index in [1.807, 2.05) is 12.1 Å². The van der Waals surface area contributed by atoms with E-state index in [0.29, 0.717) is 11.6 Å². The summed E-state index contributed by atoms with van der Waals surface area (Å²) < 4.78 is 0. The van der Waals surface area contributed by atoms with E-state index in [1.54, 1.807) is 12.1 Å². The Labute approximate surface area is 118 Å². The minimum absolute atomic E-state index is 0.128. The molecule has 2 fully saturated rings. The van der Waals surface area contributed by atoms with Crippen molar-refractivity contribution in [3.05, 3.63) is 40.5 Å². The number of nitro benzene ring substituents is 1. The fourth-order valence-electron chi connectivity index (χ4n) is 3.29. The Kier molecular flexibility index (Phi) is 3.44. The Hall–Kier alpha value is -1.88. The lowest BCUT2D eigenvalue weighted by atomic mass is 10.1. The fourth-order valence-corrected chi connectivity index (χ4v) is 3.29. The van der Waals surface area contributed by atoms with E-state index < -0.39 is 0 Å². The molecular formula is C15H19N3O2. The lowest BCUT2D eigenvalue weighted by Gasteiger charge is -2.38. The molecule has 0 amide bonds. The number of rotatable bonds is 3. The number of nitrogens with zero attached hydrogens (tertiary/aromatic N) is 3. The zero-order valence-electron chi connectivity index (χ0n) is 11.5. The van der Waals surface area contributed by atoms with Crippen LogP contribution in [0.2, 0.25) is 0 Å². The van der Waals surface area contributed by atoms with Crippen LogP contribution in [0.3, 0.4) is 0 Å². The summed E-state index contributed by atoms with van der Waals surface area (Å²) in [6, 6.07) is 5.98. The molecule has 1 aromatic carbocycles. The predicted molar refractivity (Wildman–Crippen MR) is 80.0 cm³/mol. The van der Waals surface area contributed by atoms with Crippen molar-refractivity contribution in [3.8, 4) is 0 Å². The first-order valence-electron chi connectivity index (χ1n) is 7.09. The quantitative estimate of drug-likeness (QED) is 0.627. The Morgan fingerprint density at radius 2 is 2.20 bits per heavy atom. The van der Waals surface area contributed by atoms with E-state index in [9.17, 15) is 10.1 Å². The number of anilines is 1. The minimum Gasteiger partial charge on any atom is -0.369 e. The molecule has 0 spiro atoms. The van der Waals surface area contributed by atoms with Crippen molar-refractivity contribution < 1.29 is 4.92 Å². The van der Waals surface area contributed by atoms with Crippen LogP contribution in [0.5, 0.6) is 0 Å². The topological polar surface area (TPSA) is 49.6 Å². The second-order valence-corrected chi connectivity index (χ2v) is 5.48. The number of nitro groups is 1. The van der Waals surface area contributed by atoms with E-state index in [2.05, 4.69) is 16.4 Å². The van der Waals surface area contributed by atoms with Gasteiger partial charge in [0.2, 0.25) is 0 Å². The Morgan fingerprint density at radius 3 is 2.95 bits per heavy atom. The molecule has 5 heteroatoms. The van der Waals surface area contributed by atoms with Crippen molar-refractivity contribution in [2.24, 2.45) is 0 Å². The largest absolute Gasteiger partial charge is 0.369 e. The molecule has 0 saturated carbocycles. The second-order valence-electron chi connectivity index (χ2n) is 5.48. The summed E-state index contributed by atoms with van der Waals surface area (Å²) in [4.78, 5) is 15.5. The third kappa shape index (κ3) is 2.29. The maximum Gasteiger partial charge on any atom is 0.276 e. The van der Waals surface area contributed by atoms with Crippen LogP contribution >= 0.6 is 0 Å². The average molecular weight is 273 g/mol. The Bertz CT molecular complexity index is 544. The molecule has 1 atom stereocenters. The van der Waals surface area contributed by atoms with Crippen LogP contribution in [0, 0.1) is 10.1 Å². The van der Waals surface area contributed by atoms with Crippen molar-refractivity contribution in [2.45, 2.75) is 18.9 Å². The Balaban J connectivity index is 1.83. The molecule has 0 radical (unpaired) electrons. The fraction of sp³-hybridized carbons (Fsp3) is 0.467. The van der Waals surface area contributed by atoms with E-state index >= 15 is 0 Å². The zero-order valence-corrected chi connectivity index (χ0v) is 11.5. The van der Waals surface area contributed by atoms with Crippen LogP contribution in [-0.2, 0) is 0 Å². The molecule has 3 rings (SSSR count). The molecular weight excluding hydrogens is 254 g/mol. The second kappa shape index (κ2) is 5.25. The molecule has 2 heterocycles. The van der Waals surface area contributed by atoms with E-state index in [1.165, 1.54) is 19.4 Å².